The van der Waals surface area contributed by atoms with Crippen molar-refractivity contribution in [3.8, 4) is 0 Å². The molecule has 1 aliphatic rings. The van der Waals surface area contributed by atoms with Gasteiger partial charge in [0.05, 0.1) is 16.5 Å². The van der Waals surface area contributed by atoms with Crippen LogP contribution in [0, 0.1) is 15.5 Å². The van der Waals surface area contributed by atoms with Gasteiger partial charge in [-0.25, -0.2) is 0 Å². The second kappa shape index (κ2) is 9.06. The predicted octanol–water partition coefficient (Wildman–Crippen LogP) is 3.55. The minimum absolute atomic E-state index is 0.0214. The van der Waals surface area contributed by atoms with E-state index in [4.69, 9.17) is 5.11 Å². The zero-order valence-corrected chi connectivity index (χ0v) is 17.3. The van der Waals surface area contributed by atoms with E-state index in [1.165, 1.54) is 29.2 Å². The molecule has 0 saturated carbocycles. The summed E-state index contributed by atoms with van der Waals surface area (Å²) in [4.78, 5) is 48.2. The highest BCUT2D eigenvalue weighted by atomic mass is 16.6. The molecule has 0 fully saturated rings. The second-order valence-corrected chi connectivity index (χ2v) is 8.30. The van der Waals surface area contributed by atoms with Gasteiger partial charge in [-0.1, -0.05) is 27.2 Å². The molecule has 0 aliphatic carbocycles. The number of hydrogen-bond donors (Lipinski definition) is 2. The summed E-state index contributed by atoms with van der Waals surface area (Å²) < 4.78 is 0. The first kappa shape index (κ1) is 23.1. The molecule has 1 amide bonds. The fraction of sp³-hybridized carbons (Fsp3) is 0.476. The Balaban J connectivity index is 2.36. The number of Topliss-reactive ketones (excluding diaryl/α,β-unsaturated/α-hetero) is 1. The number of nitro benzene ring substituents is 1. The topological polar surface area (TPSA) is 138 Å². The third-order valence-electron chi connectivity index (χ3n) is 4.94. The van der Waals surface area contributed by atoms with Crippen LogP contribution in [0.15, 0.2) is 35.6 Å². The Labute approximate surface area is 174 Å². The molecule has 1 aromatic rings. The SMILES string of the molecule is CC(C)(C)C(=O)C1=C(O)C(=O)N(CCCCCC(=O)O)C1c1ccc([N+](=O)[O-])cc1. The van der Waals surface area contributed by atoms with Gasteiger partial charge < -0.3 is 15.1 Å². The van der Waals surface area contributed by atoms with Crippen LogP contribution >= 0.6 is 0 Å². The fourth-order valence-electron chi connectivity index (χ4n) is 3.38. The summed E-state index contributed by atoms with van der Waals surface area (Å²) in [7, 11) is 0. The number of non-ortho nitro benzene ring substituents is 1. The molecule has 1 heterocycles. The lowest BCUT2D eigenvalue weighted by Crippen LogP contribution is -2.33. The van der Waals surface area contributed by atoms with Gasteiger partial charge in [0.2, 0.25) is 0 Å². The molecule has 2 rings (SSSR count). The van der Waals surface area contributed by atoms with E-state index in [1.54, 1.807) is 20.8 Å². The number of unbranched alkanes of at least 4 members (excludes halogenated alkanes) is 2. The van der Waals surface area contributed by atoms with Crippen LogP contribution in [-0.2, 0) is 14.4 Å². The van der Waals surface area contributed by atoms with Crippen LogP contribution in [0.25, 0.3) is 0 Å². The number of aliphatic hydroxyl groups excluding tert-OH is 1. The molecule has 162 valence electrons. The zero-order chi connectivity index (χ0) is 22.6. The first-order valence-corrected chi connectivity index (χ1v) is 9.70. The Morgan fingerprint density at radius 1 is 1.13 bits per heavy atom. The quantitative estimate of drug-likeness (QED) is 0.355. The van der Waals surface area contributed by atoms with Gasteiger partial charge in [0.25, 0.3) is 11.6 Å². The Morgan fingerprint density at radius 2 is 1.73 bits per heavy atom. The van der Waals surface area contributed by atoms with Crippen molar-refractivity contribution in [2.75, 3.05) is 6.54 Å². The fourth-order valence-corrected chi connectivity index (χ4v) is 3.38. The number of carboxylic acids is 1. The second-order valence-electron chi connectivity index (χ2n) is 8.30. The Morgan fingerprint density at radius 3 is 2.23 bits per heavy atom. The lowest BCUT2D eigenvalue weighted by atomic mass is 9.82. The lowest BCUT2D eigenvalue weighted by Gasteiger charge is -2.29. The van der Waals surface area contributed by atoms with Crippen molar-refractivity contribution in [1.29, 1.82) is 0 Å². The molecule has 0 aromatic heterocycles. The number of aliphatic hydroxyl groups is 1. The van der Waals surface area contributed by atoms with Gasteiger partial charge in [-0.3, -0.25) is 24.5 Å². The van der Waals surface area contributed by atoms with E-state index in [1.807, 2.05) is 0 Å². The van der Waals surface area contributed by atoms with Crippen LogP contribution in [0.5, 0.6) is 0 Å². The number of carboxylic acid groups (broad SMARTS) is 1. The molecule has 1 atom stereocenters. The van der Waals surface area contributed by atoms with Gasteiger partial charge in [-0.15, -0.1) is 0 Å². The highest BCUT2D eigenvalue weighted by molar-refractivity contribution is 6.10. The Hall–Kier alpha value is -3.23. The van der Waals surface area contributed by atoms with Crippen molar-refractivity contribution < 1.29 is 29.5 Å². The van der Waals surface area contributed by atoms with Gasteiger partial charge >= 0.3 is 5.97 Å². The van der Waals surface area contributed by atoms with Crippen LogP contribution in [0.1, 0.15) is 58.1 Å². The van der Waals surface area contributed by atoms with Crippen LogP contribution in [0.4, 0.5) is 5.69 Å². The van der Waals surface area contributed by atoms with Crippen molar-refractivity contribution in [2.45, 2.75) is 52.5 Å². The summed E-state index contributed by atoms with van der Waals surface area (Å²) in [6.45, 7) is 5.26. The van der Waals surface area contributed by atoms with Crippen LogP contribution < -0.4 is 0 Å². The number of nitro groups is 1. The van der Waals surface area contributed by atoms with Crippen LogP contribution in [0.3, 0.4) is 0 Å². The maximum Gasteiger partial charge on any atom is 0.303 e. The molecule has 0 saturated heterocycles. The monoisotopic (exact) mass is 418 g/mol. The molecule has 0 spiro atoms. The minimum atomic E-state index is -0.895. The highest BCUT2D eigenvalue weighted by Gasteiger charge is 2.45. The van der Waals surface area contributed by atoms with Crippen LogP contribution in [0.2, 0.25) is 0 Å². The summed E-state index contributed by atoms with van der Waals surface area (Å²) in [6, 6.07) is 4.67. The number of ketones is 1. The first-order chi connectivity index (χ1) is 13.9. The molecule has 30 heavy (non-hydrogen) atoms. The maximum atomic E-state index is 13.0. The van der Waals surface area contributed by atoms with Crippen molar-refractivity contribution in [3.63, 3.8) is 0 Å². The Kier molecular flexibility index (Phi) is 6.96. The molecule has 9 nitrogen and oxygen atoms in total. The average Bonchev–Trinajstić information content (AvgIpc) is 2.91. The van der Waals surface area contributed by atoms with Gasteiger partial charge in [0.15, 0.2) is 11.5 Å². The van der Waals surface area contributed by atoms with E-state index in [9.17, 15) is 29.6 Å². The van der Waals surface area contributed by atoms with Crippen LogP contribution in [-0.4, -0.2) is 44.2 Å². The van der Waals surface area contributed by atoms with Gasteiger partial charge in [-0.05, 0) is 30.5 Å². The third kappa shape index (κ3) is 5.03. The van der Waals surface area contributed by atoms with Crippen molar-refractivity contribution >= 4 is 23.3 Å². The van der Waals surface area contributed by atoms with E-state index in [-0.39, 0.29) is 30.0 Å². The molecule has 1 aliphatic heterocycles. The summed E-state index contributed by atoms with van der Waals surface area (Å²) in [6.07, 6.45) is 1.53. The molecule has 2 N–H and O–H groups in total. The number of carbonyl (C=O) groups is 3. The summed E-state index contributed by atoms with van der Waals surface area (Å²) in [5.41, 5.74) is -0.511. The smallest absolute Gasteiger partial charge is 0.303 e. The number of aliphatic carboxylic acids is 1. The standard InChI is InChI=1S/C21H26N2O7/c1-21(2,3)19(27)16-17(13-8-10-14(11-9-13)23(29)30)22(20(28)18(16)26)12-6-4-5-7-15(24)25/h8-11,17,26H,4-7,12H2,1-3H3,(H,24,25). The van der Waals surface area contributed by atoms with Gasteiger partial charge in [-0.2, -0.15) is 0 Å². The number of nitrogens with zero attached hydrogens (tertiary/aromatic N) is 2. The molecule has 1 aromatic carbocycles. The van der Waals surface area contributed by atoms with Crippen molar-refractivity contribution in [1.82, 2.24) is 4.90 Å². The summed E-state index contributed by atoms with van der Waals surface area (Å²) in [5.74, 6) is -2.56. The lowest BCUT2D eigenvalue weighted by molar-refractivity contribution is -0.384. The molecule has 0 radical (unpaired) electrons. The summed E-state index contributed by atoms with van der Waals surface area (Å²) in [5, 5.41) is 30.2. The van der Waals surface area contributed by atoms with Crippen molar-refractivity contribution in [3.05, 3.63) is 51.3 Å². The molecule has 1 unspecified atom stereocenters. The molecule has 9 heteroatoms. The van der Waals surface area contributed by atoms with E-state index in [2.05, 4.69) is 0 Å². The maximum absolute atomic E-state index is 13.0. The van der Waals surface area contributed by atoms with E-state index >= 15 is 0 Å². The van der Waals surface area contributed by atoms with Gasteiger partial charge in [0.1, 0.15) is 0 Å². The zero-order valence-electron chi connectivity index (χ0n) is 17.3. The highest BCUT2D eigenvalue weighted by Crippen LogP contribution is 2.41. The number of carbonyl (C=O) groups excluding carboxylic acids is 2. The van der Waals surface area contributed by atoms with Crippen molar-refractivity contribution in [2.24, 2.45) is 5.41 Å². The number of benzene rings is 1. The van der Waals surface area contributed by atoms with E-state index in [0.29, 0.717) is 24.8 Å². The summed E-state index contributed by atoms with van der Waals surface area (Å²) >= 11 is 0. The van der Waals surface area contributed by atoms with E-state index in [0.717, 1.165) is 0 Å². The molecular weight excluding hydrogens is 392 g/mol. The van der Waals surface area contributed by atoms with Gasteiger partial charge in [0, 0.05) is 30.5 Å². The number of hydrogen-bond acceptors (Lipinski definition) is 6. The number of amides is 1. The van der Waals surface area contributed by atoms with E-state index < -0.39 is 34.0 Å². The predicted molar refractivity (Wildman–Crippen MR) is 108 cm³/mol. The Bertz CT molecular complexity index is 882. The number of rotatable bonds is 9. The first-order valence-electron chi connectivity index (χ1n) is 9.70. The third-order valence-corrected chi connectivity index (χ3v) is 4.94. The largest absolute Gasteiger partial charge is 0.503 e. The molecule has 0 bridgehead atoms. The minimum Gasteiger partial charge on any atom is -0.503 e. The normalized spacial score (nSPS) is 16.8. The average molecular weight is 418 g/mol. The molecular formula is C21H26N2O7.